The Morgan fingerprint density at radius 3 is 2.65 bits per heavy atom. The molecule has 1 amide bonds. The minimum atomic E-state index is -3.28. The lowest BCUT2D eigenvalue weighted by Crippen LogP contribution is -2.52. The average molecular weight is 348 g/mol. The number of carbonyl (C=O) groups is 2. The lowest BCUT2D eigenvalue weighted by atomic mass is 9.97. The van der Waals surface area contributed by atoms with Crippen LogP contribution in [0.5, 0.6) is 0 Å². The summed E-state index contributed by atoms with van der Waals surface area (Å²) in [5, 5.41) is 8.83. The fraction of sp³-hybridized carbons (Fsp3) is 0.857. The highest BCUT2D eigenvalue weighted by Gasteiger charge is 2.35. The molecular formula is C14H24N2O6S. The first-order chi connectivity index (χ1) is 10.8. The number of aliphatic carboxylic acids is 1. The van der Waals surface area contributed by atoms with Crippen molar-refractivity contribution in [1.29, 1.82) is 0 Å². The summed E-state index contributed by atoms with van der Waals surface area (Å²) in [7, 11) is -3.28. The van der Waals surface area contributed by atoms with Crippen molar-refractivity contribution in [1.82, 2.24) is 9.21 Å². The van der Waals surface area contributed by atoms with E-state index in [1.807, 2.05) is 0 Å². The Kier molecular flexibility index (Phi) is 5.99. The Balaban J connectivity index is 1.98. The highest BCUT2D eigenvalue weighted by atomic mass is 32.2. The molecule has 2 aliphatic heterocycles. The second kappa shape index (κ2) is 7.59. The first-order valence-corrected chi connectivity index (χ1v) is 9.54. The molecule has 2 atom stereocenters. The van der Waals surface area contributed by atoms with Crippen LogP contribution in [0.2, 0.25) is 0 Å². The Hall–Kier alpha value is -1.19. The highest BCUT2D eigenvalue weighted by molar-refractivity contribution is 7.89. The number of nitrogens with zero attached hydrogens (tertiary/aromatic N) is 2. The largest absolute Gasteiger partial charge is 0.481 e. The van der Waals surface area contributed by atoms with Crippen molar-refractivity contribution in [2.45, 2.75) is 32.3 Å². The van der Waals surface area contributed by atoms with Gasteiger partial charge in [-0.3, -0.25) is 9.59 Å². The summed E-state index contributed by atoms with van der Waals surface area (Å²) in [4.78, 5) is 25.0. The number of hydrogen-bond donors (Lipinski definition) is 1. The molecule has 0 saturated carbocycles. The average Bonchev–Trinajstić information content (AvgIpc) is 2.54. The van der Waals surface area contributed by atoms with Crippen LogP contribution in [0.3, 0.4) is 0 Å². The van der Waals surface area contributed by atoms with Crippen molar-refractivity contribution in [3.8, 4) is 0 Å². The fourth-order valence-electron chi connectivity index (χ4n) is 3.08. The van der Waals surface area contributed by atoms with E-state index in [4.69, 9.17) is 9.84 Å². The van der Waals surface area contributed by atoms with E-state index in [9.17, 15) is 18.0 Å². The molecule has 2 rings (SSSR count). The molecule has 9 heteroatoms. The Labute approximate surface area is 136 Å². The Morgan fingerprint density at radius 2 is 2.00 bits per heavy atom. The van der Waals surface area contributed by atoms with Gasteiger partial charge in [-0.15, -0.1) is 0 Å². The molecule has 2 fully saturated rings. The SMILES string of the molecule is CCS(=O)(=O)N1CCCC(C(=O)N2CCOC(CC(=O)O)C2)C1. The van der Waals surface area contributed by atoms with E-state index in [1.54, 1.807) is 11.8 Å². The van der Waals surface area contributed by atoms with Crippen LogP contribution in [0.1, 0.15) is 26.2 Å². The molecule has 1 N–H and O–H groups in total. The monoisotopic (exact) mass is 348 g/mol. The molecule has 0 bridgehead atoms. The van der Waals surface area contributed by atoms with Crippen molar-refractivity contribution in [3.05, 3.63) is 0 Å². The van der Waals surface area contributed by atoms with E-state index in [2.05, 4.69) is 0 Å². The van der Waals surface area contributed by atoms with Crippen LogP contribution < -0.4 is 0 Å². The lowest BCUT2D eigenvalue weighted by molar-refractivity contribution is -0.150. The van der Waals surface area contributed by atoms with E-state index < -0.39 is 22.1 Å². The van der Waals surface area contributed by atoms with Gasteiger partial charge in [-0.2, -0.15) is 0 Å². The summed E-state index contributed by atoms with van der Waals surface area (Å²) in [5.74, 6) is -1.37. The minimum absolute atomic E-state index is 0.0339. The summed E-state index contributed by atoms with van der Waals surface area (Å²) >= 11 is 0. The molecule has 0 spiro atoms. The summed E-state index contributed by atoms with van der Waals surface area (Å²) in [5.41, 5.74) is 0. The standard InChI is InChI=1S/C14H24N2O6S/c1-2-23(20,21)16-5-3-4-11(9-16)14(19)15-6-7-22-12(10-15)8-13(17)18/h11-12H,2-10H2,1H3,(H,17,18). The molecule has 2 unspecified atom stereocenters. The van der Waals surface area contributed by atoms with Gasteiger partial charge in [0.25, 0.3) is 0 Å². The van der Waals surface area contributed by atoms with Gasteiger partial charge in [0.05, 0.1) is 30.8 Å². The van der Waals surface area contributed by atoms with Crippen molar-refractivity contribution in [3.63, 3.8) is 0 Å². The fourth-order valence-corrected chi connectivity index (χ4v) is 4.25. The normalized spacial score (nSPS) is 26.9. The molecule has 0 radical (unpaired) electrons. The number of carbonyl (C=O) groups excluding carboxylic acids is 1. The van der Waals surface area contributed by atoms with Gasteiger partial charge in [-0.25, -0.2) is 12.7 Å². The van der Waals surface area contributed by atoms with Crippen LogP contribution in [0.15, 0.2) is 0 Å². The van der Waals surface area contributed by atoms with Crippen molar-refractivity contribution >= 4 is 21.9 Å². The predicted molar refractivity (Wildman–Crippen MR) is 82.3 cm³/mol. The van der Waals surface area contributed by atoms with Gasteiger partial charge in [-0.05, 0) is 19.8 Å². The third-order valence-corrected chi connectivity index (χ3v) is 6.19. The molecule has 2 heterocycles. The second-order valence-electron chi connectivity index (χ2n) is 5.97. The number of amides is 1. The van der Waals surface area contributed by atoms with E-state index in [0.717, 1.165) is 0 Å². The zero-order valence-corrected chi connectivity index (χ0v) is 14.1. The van der Waals surface area contributed by atoms with Crippen LogP contribution in [0.25, 0.3) is 0 Å². The van der Waals surface area contributed by atoms with E-state index >= 15 is 0 Å². The van der Waals surface area contributed by atoms with Crippen LogP contribution in [0, 0.1) is 5.92 Å². The number of morpholine rings is 1. The maximum absolute atomic E-state index is 12.6. The van der Waals surface area contributed by atoms with Gasteiger partial charge in [-0.1, -0.05) is 0 Å². The van der Waals surface area contributed by atoms with Crippen LogP contribution in [-0.4, -0.2) is 79.2 Å². The third-order valence-electron chi connectivity index (χ3n) is 4.34. The van der Waals surface area contributed by atoms with Gasteiger partial charge in [0.2, 0.25) is 15.9 Å². The van der Waals surface area contributed by atoms with Crippen molar-refractivity contribution < 1.29 is 27.9 Å². The molecule has 132 valence electrons. The first kappa shape index (κ1) is 18.2. The smallest absolute Gasteiger partial charge is 0.306 e. The second-order valence-corrected chi connectivity index (χ2v) is 8.23. The molecule has 2 aliphatic rings. The number of rotatable bonds is 5. The Bertz CT molecular complexity index is 549. The third kappa shape index (κ3) is 4.65. The summed E-state index contributed by atoms with van der Waals surface area (Å²) in [6, 6.07) is 0. The highest BCUT2D eigenvalue weighted by Crippen LogP contribution is 2.22. The van der Waals surface area contributed by atoms with E-state index in [-0.39, 0.29) is 37.1 Å². The molecule has 23 heavy (non-hydrogen) atoms. The van der Waals surface area contributed by atoms with Crippen molar-refractivity contribution in [2.24, 2.45) is 5.92 Å². The topological polar surface area (TPSA) is 104 Å². The maximum atomic E-state index is 12.6. The molecule has 0 aromatic carbocycles. The summed E-state index contributed by atoms with van der Waals surface area (Å²) in [6.45, 7) is 3.27. The molecule has 0 aliphatic carbocycles. The van der Waals surface area contributed by atoms with Gasteiger partial charge in [0.15, 0.2) is 0 Å². The molecule has 8 nitrogen and oxygen atoms in total. The zero-order chi connectivity index (χ0) is 17.0. The number of carboxylic acids is 1. The van der Waals surface area contributed by atoms with Crippen LogP contribution in [-0.2, 0) is 24.3 Å². The van der Waals surface area contributed by atoms with Crippen LogP contribution in [0.4, 0.5) is 0 Å². The number of sulfonamides is 1. The lowest BCUT2D eigenvalue weighted by Gasteiger charge is -2.37. The number of carboxylic acid groups (broad SMARTS) is 1. The summed E-state index contributed by atoms with van der Waals surface area (Å²) in [6.07, 6.45) is 0.697. The zero-order valence-electron chi connectivity index (χ0n) is 13.3. The Morgan fingerprint density at radius 1 is 1.26 bits per heavy atom. The minimum Gasteiger partial charge on any atom is -0.481 e. The van der Waals surface area contributed by atoms with Crippen molar-refractivity contribution in [2.75, 3.05) is 38.5 Å². The molecule has 0 aromatic rings. The van der Waals surface area contributed by atoms with Gasteiger partial charge in [0, 0.05) is 26.2 Å². The number of hydrogen-bond acceptors (Lipinski definition) is 5. The number of piperidine rings is 1. The quantitative estimate of drug-likeness (QED) is 0.735. The van der Waals surface area contributed by atoms with Gasteiger partial charge < -0.3 is 14.7 Å². The van der Waals surface area contributed by atoms with Gasteiger partial charge in [0.1, 0.15) is 0 Å². The first-order valence-electron chi connectivity index (χ1n) is 7.93. The van der Waals surface area contributed by atoms with Gasteiger partial charge >= 0.3 is 5.97 Å². The summed E-state index contributed by atoms with van der Waals surface area (Å²) < 4.78 is 30.7. The maximum Gasteiger partial charge on any atom is 0.306 e. The van der Waals surface area contributed by atoms with Crippen LogP contribution >= 0.6 is 0 Å². The number of ether oxygens (including phenoxy) is 1. The van der Waals surface area contributed by atoms with E-state index in [0.29, 0.717) is 32.5 Å². The molecular weight excluding hydrogens is 324 g/mol. The van der Waals surface area contributed by atoms with E-state index in [1.165, 1.54) is 4.31 Å². The molecule has 2 saturated heterocycles. The predicted octanol–water partition coefficient (Wildman–Crippen LogP) is -0.250. The molecule has 0 aromatic heterocycles.